The van der Waals surface area contributed by atoms with E-state index >= 15 is 0 Å². The molecule has 146 valence electrons. The summed E-state index contributed by atoms with van der Waals surface area (Å²) in [5, 5.41) is 0. The zero-order valence-corrected chi connectivity index (χ0v) is 16.7. The van der Waals surface area contributed by atoms with Gasteiger partial charge in [-0.2, -0.15) is 0 Å². The van der Waals surface area contributed by atoms with Crippen LogP contribution in [-0.4, -0.2) is 43.9 Å². The van der Waals surface area contributed by atoms with E-state index in [2.05, 4.69) is 20.1 Å². The molecule has 25 heavy (non-hydrogen) atoms. The number of unbranched alkanes of at least 4 members (excludes halogenated alkanes) is 9. The molecule has 0 saturated carbocycles. The lowest BCUT2D eigenvalue weighted by Gasteiger charge is -2.03. The molecule has 0 heterocycles. The normalized spacial score (nSPS) is 9.72. The Morgan fingerprint density at radius 2 is 1.32 bits per heavy atom. The Kier molecular flexibility index (Phi) is 21.3. The van der Waals surface area contributed by atoms with Crippen molar-refractivity contribution in [1.29, 1.82) is 0 Å². The van der Waals surface area contributed by atoms with Gasteiger partial charge in [0.15, 0.2) is 5.78 Å². The van der Waals surface area contributed by atoms with E-state index < -0.39 is 0 Å². The van der Waals surface area contributed by atoms with Crippen molar-refractivity contribution in [1.82, 2.24) is 4.90 Å². The fourth-order valence-electron chi connectivity index (χ4n) is 2.11. The Morgan fingerprint density at radius 3 is 1.68 bits per heavy atom. The van der Waals surface area contributed by atoms with Crippen LogP contribution in [0.2, 0.25) is 0 Å². The van der Waals surface area contributed by atoms with Crippen LogP contribution in [0.3, 0.4) is 0 Å². The first kappa shape index (κ1) is 25.8. The van der Waals surface area contributed by atoms with Crippen molar-refractivity contribution in [2.75, 3.05) is 27.3 Å². The summed E-state index contributed by atoms with van der Waals surface area (Å²) >= 11 is 0. The molecular weight excluding hydrogens is 314 g/mol. The van der Waals surface area contributed by atoms with Crippen molar-refractivity contribution >= 4 is 11.7 Å². The van der Waals surface area contributed by atoms with Crippen LogP contribution in [0, 0.1) is 0 Å². The van der Waals surface area contributed by atoms with Crippen LogP contribution in [0.1, 0.15) is 71.1 Å². The zero-order chi connectivity index (χ0) is 19.3. The third-order valence-corrected chi connectivity index (χ3v) is 3.73. The lowest BCUT2D eigenvalue weighted by molar-refractivity contribution is -0.123. The third kappa shape index (κ3) is 22.6. The second-order valence-corrected chi connectivity index (χ2v) is 6.34. The van der Waals surface area contributed by atoms with Gasteiger partial charge in [0.1, 0.15) is 6.61 Å². The van der Waals surface area contributed by atoms with Gasteiger partial charge in [-0.1, -0.05) is 77.9 Å². The molecule has 0 aliphatic carbocycles. The Morgan fingerprint density at radius 1 is 0.840 bits per heavy atom. The molecule has 0 bridgehead atoms. The van der Waals surface area contributed by atoms with E-state index in [0.717, 1.165) is 6.42 Å². The monoisotopic (exact) mass is 353 g/mol. The predicted molar refractivity (Wildman–Crippen MR) is 107 cm³/mol. The van der Waals surface area contributed by atoms with E-state index in [9.17, 15) is 9.59 Å². The molecule has 0 aromatic carbocycles. The molecule has 0 aliphatic heterocycles. The average Bonchev–Trinajstić information content (AvgIpc) is 2.62. The van der Waals surface area contributed by atoms with E-state index in [1.807, 2.05) is 0 Å². The van der Waals surface area contributed by atoms with E-state index in [4.69, 9.17) is 4.74 Å². The van der Waals surface area contributed by atoms with Crippen molar-refractivity contribution in [2.45, 2.75) is 71.1 Å². The smallest absolute Gasteiger partial charge is 0.245 e. The summed E-state index contributed by atoms with van der Waals surface area (Å²) in [4.78, 5) is 22.6. The Bertz CT molecular complexity index is 351. The number of rotatable bonds is 15. The van der Waals surface area contributed by atoms with Gasteiger partial charge in [-0.25, -0.2) is 0 Å². The van der Waals surface area contributed by atoms with E-state index in [-0.39, 0.29) is 18.3 Å². The summed E-state index contributed by atoms with van der Waals surface area (Å²) < 4.78 is 5.24. The molecule has 0 unspecified atom stereocenters. The quantitative estimate of drug-likeness (QED) is 0.309. The standard InChI is InChI=1S/C16H30O2.C5H9NO/c1-3-5-6-7-8-9-10-11-12-13-14-18-15-16(17)4-2;1-4-5(7)6(2)3/h4H,2-3,5-15H2,1H3;4H,1H2,2-3H3. The van der Waals surface area contributed by atoms with Crippen LogP contribution in [0.15, 0.2) is 25.3 Å². The molecule has 0 rings (SSSR count). The molecule has 0 spiro atoms. The first-order chi connectivity index (χ1) is 12.0. The summed E-state index contributed by atoms with van der Waals surface area (Å²) in [6.07, 6.45) is 15.8. The van der Waals surface area contributed by atoms with Gasteiger partial charge >= 0.3 is 0 Å². The van der Waals surface area contributed by atoms with Crippen LogP contribution >= 0.6 is 0 Å². The Balaban J connectivity index is 0. The first-order valence-electron chi connectivity index (χ1n) is 9.56. The van der Waals surface area contributed by atoms with Crippen LogP contribution < -0.4 is 0 Å². The Hall–Kier alpha value is -1.42. The van der Waals surface area contributed by atoms with Gasteiger partial charge in [0.25, 0.3) is 0 Å². The molecule has 0 aromatic rings. The maximum Gasteiger partial charge on any atom is 0.245 e. The zero-order valence-electron chi connectivity index (χ0n) is 16.7. The van der Waals surface area contributed by atoms with Gasteiger partial charge < -0.3 is 9.64 Å². The summed E-state index contributed by atoms with van der Waals surface area (Å²) in [6.45, 7) is 9.85. The molecule has 4 nitrogen and oxygen atoms in total. The maximum absolute atomic E-state index is 10.9. The minimum atomic E-state index is -0.0556. The molecule has 0 saturated heterocycles. The van der Waals surface area contributed by atoms with E-state index in [1.54, 1.807) is 14.1 Å². The highest BCUT2D eigenvalue weighted by atomic mass is 16.5. The fraction of sp³-hybridized carbons (Fsp3) is 0.714. The maximum atomic E-state index is 10.9. The lowest BCUT2D eigenvalue weighted by Crippen LogP contribution is -2.18. The first-order valence-corrected chi connectivity index (χ1v) is 9.56. The average molecular weight is 354 g/mol. The highest BCUT2D eigenvalue weighted by Gasteiger charge is 1.96. The van der Waals surface area contributed by atoms with Crippen molar-refractivity contribution in [3.63, 3.8) is 0 Å². The molecule has 0 aromatic heterocycles. The van der Waals surface area contributed by atoms with Gasteiger partial charge in [0.2, 0.25) is 5.91 Å². The minimum Gasteiger partial charge on any atom is -0.373 e. The van der Waals surface area contributed by atoms with E-state index in [0.29, 0.717) is 6.61 Å². The van der Waals surface area contributed by atoms with Crippen LogP contribution in [0.5, 0.6) is 0 Å². The van der Waals surface area contributed by atoms with Crippen LogP contribution in [0.25, 0.3) is 0 Å². The van der Waals surface area contributed by atoms with E-state index in [1.165, 1.54) is 74.8 Å². The van der Waals surface area contributed by atoms with Gasteiger partial charge in [-0.3, -0.25) is 9.59 Å². The Labute approximate surface area is 155 Å². The number of likely N-dealkylation sites (N-methyl/N-ethyl adjacent to an activating group) is 1. The molecule has 0 fully saturated rings. The molecule has 0 radical (unpaired) electrons. The van der Waals surface area contributed by atoms with Crippen molar-refractivity contribution in [2.24, 2.45) is 0 Å². The predicted octanol–water partition coefficient (Wildman–Crippen LogP) is 4.94. The number of hydrogen-bond acceptors (Lipinski definition) is 3. The summed E-state index contributed by atoms with van der Waals surface area (Å²) in [5.41, 5.74) is 0. The summed E-state index contributed by atoms with van der Waals surface area (Å²) in [7, 11) is 3.37. The molecule has 0 aliphatic rings. The number of hydrogen-bond donors (Lipinski definition) is 0. The highest BCUT2D eigenvalue weighted by molar-refractivity contribution is 5.90. The molecule has 0 N–H and O–H groups in total. The number of amides is 1. The molecule has 0 atom stereocenters. The minimum absolute atomic E-state index is 0.0259. The summed E-state index contributed by atoms with van der Waals surface area (Å²) in [6, 6.07) is 0. The van der Waals surface area contributed by atoms with Crippen molar-refractivity contribution in [3.05, 3.63) is 25.3 Å². The van der Waals surface area contributed by atoms with Gasteiger partial charge in [0.05, 0.1) is 0 Å². The summed E-state index contributed by atoms with van der Waals surface area (Å²) in [5.74, 6) is -0.0814. The number of ketones is 1. The second-order valence-electron chi connectivity index (χ2n) is 6.34. The number of nitrogens with zero attached hydrogens (tertiary/aromatic N) is 1. The number of carbonyl (C=O) groups excluding carboxylic acids is 2. The lowest BCUT2D eigenvalue weighted by atomic mass is 10.1. The fourth-order valence-corrected chi connectivity index (χ4v) is 2.11. The van der Waals surface area contributed by atoms with Crippen molar-refractivity contribution < 1.29 is 14.3 Å². The van der Waals surface area contributed by atoms with Gasteiger partial charge in [0, 0.05) is 20.7 Å². The third-order valence-electron chi connectivity index (χ3n) is 3.73. The SMILES string of the molecule is C=CC(=O)COCCCCCCCCCCCC.C=CC(=O)N(C)C. The second kappa shape index (κ2) is 20.6. The largest absolute Gasteiger partial charge is 0.373 e. The van der Waals surface area contributed by atoms with Crippen LogP contribution in [0.4, 0.5) is 0 Å². The molecular formula is C21H39NO3. The van der Waals surface area contributed by atoms with Crippen molar-refractivity contribution in [3.8, 4) is 0 Å². The number of carbonyl (C=O) groups is 2. The topological polar surface area (TPSA) is 46.6 Å². The number of ether oxygens (including phenoxy) is 1. The molecule has 4 heteroatoms. The highest BCUT2D eigenvalue weighted by Crippen LogP contribution is 2.10. The van der Waals surface area contributed by atoms with Crippen LogP contribution in [-0.2, 0) is 14.3 Å². The van der Waals surface area contributed by atoms with Gasteiger partial charge in [-0.05, 0) is 18.6 Å². The van der Waals surface area contributed by atoms with Gasteiger partial charge in [-0.15, -0.1) is 0 Å². The molecule has 1 amide bonds.